The summed E-state index contributed by atoms with van der Waals surface area (Å²) in [6, 6.07) is 36.0. The number of esters is 2. The van der Waals surface area contributed by atoms with E-state index in [2.05, 4.69) is 34.3 Å². The van der Waals surface area contributed by atoms with E-state index in [4.69, 9.17) is 18.9 Å². The van der Waals surface area contributed by atoms with Crippen LogP contribution in [0.5, 0.6) is 23.0 Å². The lowest BCUT2D eigenvalue weighted by Gasteiger charge is -2.19. The Hall–Kier alpha value is -7.60. The Morgan fingerprint density at radius 3 is 1.06 bits per heavy atom. The summed E-state index contributed by atoms with van der Waals surface area (Å²) in [5.41, 5.74) is 3.32. The highest BCUT2D eigenvalue weighted by Gasteiger charge is 2.31. The molecular weight excluding hydrogens is 785 g/mol. The fourth-order valence-corrected chi connectivity index (χ4v) is 6.43. The molecule has 0 heterocycles. The number of hydrogen-bond acceptors (Lipinski definition) is 12. The van der Waals surface area contributed by atoms with Crippen molar-refractivity contribution in [1.29, 1.82) is 0 Å². The van der Waals surface area contributed by atoms with Crippen LogP contribution in [0.3, 0.4) is 0 Å². The van der Waals surface area contributed by atoms with Crippen molar-refractivity contribution in [2.24, 2.45) is 20.5 Å². The van der Waals surface area contributed by atoms with Crippen molar-refractivity contribution < 1.29 is 38.1 Å². The van der Waals surface area contributed by atoms with Crippen molar-refractivity contribution in [1.82, 2.24) is 0 Å². The number of azo groups is 2. The molecule has 7 rings (SSSR count). The summed E-state index contributed by atoms with van der Waals surface area (Å²) in [5.74, 6) is -0.457. The second-order valence-electron chi connectivity index (χ2n) is 14.4. The van der Waals surface area contributed by atoms with Crippen molar-refractivity contribution in [3.8, 4) is 23.0 Å². The van der Waals surface area contributed by atoms with Gasteiger partial charge in [0.1, 0.15) is 23.0 Å². The van der Waals surface area contributed by atoms with E-state index in [1.165, 1.54) is 36.4 Å². The first-order valence-corrected chi connectivity index (χ1v) is 20.6. The molecule has 0 aliphatic heterocycles. The molecule has 0 aromatic heterocycles. The lowest BCUT2D eigenvalue weighted by atomic mass is 9.84. The number of benzene rings is 6. The summed E-state index contributed by atoms with van der Waals surface area (Å²) in [4.78, 5) is 53.3. The number of nitrogens with zero attached hydrogens (tertiary/aromatic N) is 4. The summed E-state index contributed by atoms with van der Waals surface area (Å²) in [7, 11) is 0. The van der Waals surface area contributed by atoms with Crippen LogP contribution in [-0.4, -0.2) is 36.7 Å². The van der Waals surface area contributed by atoms with E-state index >= 15 is 0 Å². The summed E-state index contributed by atoms with van der Waals surface area (Å²) >= 11 is 0. The average molecular weight is 829 g/mol. The SMILES string of the molecule is CCCCCOc1ccc(N=Nc2ccc(C(=O)Oc3ccc4c(c3)C(=O)c3ccc(OC(=O)c5ccc(N=Nc6ccc(OCCCCC)cc6)cc5)cc3C4=O)cc2)cc1. The van der Waals surface area contributed by atoms with E-state index in [-0.39, 0.29) is 44.9 Å². The Kier molecular flexibility index (Phi) is 14.1. The average Bonchev–Trinajstić information content (AvgIpc) is 3.30. The van der Waals surface area contributed by atoms with Crippen molar-refractivity contribution in [2.75, 3.05) is 13.2 Å². The Labute approximate surface area is 359 Å². The number of fused-ring (bicyclic) bond motifs is 2. The van der Waals surface area contributed by atoms with Gasteiger partial charge in [0.15, 0.2) is 11.6 Å². The van der Waals surface area contributed by atoms with Gasteiger partial charge in [0, 0.05) is 22.3 Å². The van der Waals surface area contributed by atoms with Gasteiger partial charge in [-0.1, -0.05) is 39.5 Å². The molecule has 1 aliphatic carbocycles. The molecule has 0 unspecified atom stereocenters. The second-order valence-corrected chi connectivity index (χ2v) is 14.4. The smallest absolute Gasteiger partial charge is 0.343 e. The lowest BCUT2D eigenvalue weighted by molar-refractivity contribution is 0.0724. The second kappa shape index (κ2) is 20.6. The largest absolute Gasteiger partial charge is 0.494 e. The molecule has 12 heteroatoms. The predicted octanol–water partition coefficient (Wildman–Crippen LogP) is 12.9. The first-order valence-electron chi connectivity index (χ1n) is 20.6. The van der Waals surface area contributed by atoms with E-state index in [0.717, 1.165) is 50.0 Å². The number of carbonyl (C=O) groups is 4. The summed E-state index contributed by atoms with van der Waals surface area (Å²) < 4.78 is 22.6. The molecule has 0 spiro atoms. The minimum absolute atomic E-state index is 0.0884. The monoisotopic (exact) mass is 828 g/mol. The molecule has 62 heavy (non-hydrogen) atoms. The molecule has 0 amide bonds. The molecule has 0 bridgehead atoms. The van der Waals surface area contributed by atoms with Gasteiger partial charge in [-0.25, -0.2) is 9.59 Å². The topological polar surface area (TPSA) is 155 Å². The van der Waals surface area contributed by atoms with Crippen LogP contribution in [0, 0.1) is 0 Å². The molecule has 6 aromatic rings. The third-order valence-electron chi connectivity index (χ3n) is 9.86. The van der Waals surface area contributed by atoms with Crippen molar-refractivity contribution >= 4 is 46.3 Å². The molecule has 0 saturated heterocycles. The maximum Gasteiger partial charge on any atom is 0.343 e. The third kappa shape index (κ3) is 11.0. The fraction of sp³-hybridized carbons (Fsp3) is 0.200. The van der Waals surface area contributed by atoms with Crippen LogP contribution >= 0.6 is 0 Å². The van der Waals surface area contributed by atoms with Gasteiger partial charge in [0.2, 0.25) is 0 Å². The van der Waals surface area contributed by atoms with E-state index in [0.29, 0.717) is 36.0 Å². The fourth-order valence-electron chi connectivity index (χ4n) is 6.43. The van der Waals surface area contributed by atoms with Crippen LogP contribution in [0.2, 0.25) is 0 Å². The van der Waals surface area contributed by atoms with Gasteiger partial charge < -0.3 is 18.9 Å². The van der Waals surface area contributed by atoms with Gasteiger partial charge in [-0.3, -0.25) is 9.59 Å². The summed E-state index contributed by atoms with van der Waals surface area (Å²) in [6.45, 7) is 5.64. The van der Waals surface area contributed by atoms with E-state index < -0.39 is 23.5 Å². The Bertz CT molecular complexity index is 2420. The van der Waals surface area contributed by atoms with Gasteiger partial charge in [-0.05, 0) is 146 Å². The Morgan fingerprint density at radius 2 is 0.726 bits per heavy atom. The van der Waals surface area contributed by atoms with Gasteiger partial charge in [-0.2, -0.15) is 20.5 Å². The molecule has 0 saturated carbocycles. The summed E-state index contributed by atoms with van der Waals surface area (Å²) in [6.07, 6.45) is 6.55. The lowest BCUT2D eigenvalue weighted by Crippen LogP contribution is -2.21. The zero-order chi connectivity index (χ0) is 43.3. The van der Waals surface area contributed by atoms with Crippen molar-refractivity contribution in [3.05, 3.63) is 167 Å². The van der Waals surface area contributed by atoms with Crippen LogP contribution < -0.4 is 18.9 Å². The third-order valence-corrected chi connectivity index (χ3v) is 9.86. The zero-order valence-corrected chi connectivity index (χ0v) is 34.4. The number of carbonyl (C=O) groups excluding carboxylic acids is 4. The predicted molar refractivity (Wildman–Crippen MR) is 234 cm³/mol. The highest BCUT2D eigenvalue weighted by atomic mass is 16.5. The number of ketones is 2. The number of rotatable bonds is 18. The first kappa shape index (κ1) is 42.5. The number of ether oxygens (including phenoxy) is 4. The van der Waals surface area contributed by atoms with Gasteiger partial charge in [0.25, 0.3) is 0 Å². The quantitative estimate of drug-likeness (QED) is 0.0358. The summed E-state index contributed by atoms with van der Waals surface area (Å²) in [5, 5.41) is 17.0. The Morgan fingerprint density at radius 1 is 0.403 bits per heavy atom. The maximum absolute atomic E-state index is 13.6. The molecule has 0 fully saturated rings. The molecule has 12 nitrogen and oxygen atoms in total. The molecule has 1 aliphatic rings. The van der Waals surface area contributed by atoms with Crippen molar-refractivity contribution in [2.45, 2.75) is 52.4 Å². The van der Waals surface area contributed by atoms with Gasteiger partial charge in [-0.15, -0.1) is 0 Å². The molecule has 0 atom stereocenters. The zero-order valence-electron chi connectivity index (χ0n) is 34.4. The van der Waals surface area contributed by atoms with Gasteiger partial charge >= 0.3 is 11.9 Å². The molecule has 0 radical (unpaired) electrons. The standard InChI is InChI=1S/C50H44N4O8/c1-3-5-7-29-59-39-21-17-37(18-22-39)53-51-35-13-9-33(10-14-35)49(57)61-41-25-27-43-45(31-41)47(55)44-28-26-42(32-46(44)48(43)56)62-50(58)34-11-15-36(16-12-34)52-54-38-19-23-40(24-20-38)60-30-8-6-4-2/h9-28,31-32H,3-8,29-30H2,1-2H3. The number of unbranched alkanes of at least 4 members (excludes halogenated alkanes) is 4. The minimum Gasteiger partial charge on any atom is -0.494 e. The molecule has 0 N–H and O–H groups in total. The van der Waals surface area contributed by atoms with E-state index in [1.807, 2.05) is 48.5 Å². The van der Waals surface area contributed by atoms with Crippen LogP contribution in [0.4, 0.5) is 22.7 Å². The minimum atomic E-state index is -0.659. The molecule has 6 aromatic carbocycles. The van der Waals surface area contributed by atoms with Crippen LogP contribution in [0.1, 0.15) is 105 Å². The van der Waals surface area contributed by atoms with E-state index in [1.54, 1.807) is 48.5 Å². The van der Waals surface area contributed by atoms with Gasteiger partial charge in [0.05, 0.1) is 47.1 Å². The van der Waals surface area contributed by atoms with Crippen LogP contribution in [0.25, 0.3) is 0 Å². The number of hydrogen-bond donors (Lipinski definition) is 0. The highest BCUT2D eigenvalue weighted by Crippen LogP contribution is 2.33. The van der Waals surface area contributed by atoms with E-state index in [9.17, 15) is 19.2 Å². The first-order chi connectivity index (χ1) is 30.3. The maximum atomic E-state index is 13.6. The normalized spacial score (nSPS) is 12.0. The van der Waals surface area contributed by atoms with Crippen LogP contribution in [0.15, 0.2) is 154 Å². The van der Waals surface area contributed by atoms with Crippen LogP contribution in [-0.2, 0) is 0 Å². The molecular formula is C50H44N4O8. The van der Waals surface area contributed by atoms with Crippen molar-refractivity contribution in [3.63, 3.8) is 0 Å². The Balaban J connectivity index is 0.924. The highest BCUT2D eigenvalue weighted by molar-refractivity contribution is 6.28. The molecule has 312 valence electrons.